The van der Waals surface area contributed by atoms with Gasteiger partial charge >= 0.3 is 0 Å². The Morgan fingerprint density at radius 2 is 2.20 bits per heavy atom. The molecule has 15 heavy (non-hydrogen) atoms. The quantitative estimate of drug-likeness (QED) is 0.778. The van der Waals surface area contributed by atoms with E-state index >= 15 is 0 Å². The second kappa shape index (κ2) is 5.36. The fourth-order valence-electron chi connectivity index (χ4n) is 1.65. The molecule has 1 aromatic heterocycles. The van der Waals surface area contributed by atoms with Crippen LogP contribution in [-0.4, -0.2) is 12.6 Å². The van der Waals surface area contributed by atoms with Crippen LogP contribution in [0.2, 0.25) is 0 Å². The minimum atomic E-state index is 0.328. The number of nitrogens with one attached hydrogen (secondary N) is 1. The molecule has 1 heterocycles. The van der Waals surface area contributed by atoms with E-state index in [-0.39, 0.29) is 0 Å². The van der Waals surface area contributed by atoms with Crippen molar-refractivity contribution in [2.45, 2.75) is 46.6 Å². The Morgan fingerprint density at radius 3 is 2.67 bits per heavy atom. The first-order chi connectivity index (χ1) is 7.06. The van der Waals surface area contributed by atoms with E-state index < -0.39 is 0 Å². The SMILES string of the molecule is CCC(C)(CNC(C)C)Cc1ccoc1. The summed E-state index contributed by atoms with van der Waals surface area (Å²) in [5.41, 5.74) is 1.62. The van der Waals surface area contributed by atoms with Gasteiger partial charge in [0.25, 0.3) is 0 Å². The Labute approximate surface area is 93.1 Å². The van der Waals surface area contributed by atoms with E-state index in [1.54, 1.807) is 6.26 Å². The highest BCUT2D eigenvalue weighted by molar-refractivity contribution is 5.08. The molecule has 1 atom stereocenters. The van der Waals surface area contributed by atoms with E-state index in [1.807, 2.05) is 6.26 Å². The van der Waals surface area contributed by atoms with Gasteiger partial charge in [0.1, 0.15) is 0 Å². The average Bonchev–Trinajstić information content (AvgIpc) is 2.67. The van der Waals surface area contributed by atoms with Gasteiger partial charge in [-0.25, -0.2) is 0 Å². The van der Waals surface area contributed by atoms with Crippen LogP contribution in [0.3, 0.4) is 0 Å². The molecule has 0 aliphatic heterocycles. The summed E-state index contributed by atoms with van der Waals surface area (Å²) in [5.74, 6) is 0. The summed E-state index contributed by atoms with van der Waals surface area (Å²) in [5, 5.41) is 3.52. The van der Waals surface area contributed by atoms with Crippen LogP contribution in [0.4, 0.5) is 0 Å². The summed E-state index contributed by atoms with van der Waals surface area (Å²) in [7, 11) is 0. The zero-order chi connectivity index (χ0) is 11.3. The minimum absolute atomic E-state index is 0.328. The molecule has 0 fully saturated rings. The summed E-state index contributed by atoms with van der Waals surface area (Å²) in [4.78, 5) is 0. The van der Waals surface area contributed by atoms with Crippen molar-refractivity contribution in [3.63, 3.8) is 0 Å². The van der Waals surface area contributed by atoms with Crippen LogP contribution in [0.25, 0.3) is 0 Å². The van der Waals surface area contributed by atoms with Gasteiger partial charge in [-0.05, 0) is 29.9 Å². The van der Waals surface area contributed by atoms with Crippen molar-refractivity contribution >= 4 is 0 Å². The van der Waals surface area contributed by atoms with Crippen molar-refractivity contribution in [2.24, 2.45) is 5.41 Å². The fraction of sp³-hybridized carbons (Fsp3) is 0.692. The van der Waals surface area contributed by atoms with Crippen LogP contribution in [-0.2, 0) is 6.42 Å². The second-order valence-electron chi connectivity index (χ2n) is 5.01. The van der Waals surface area contributed by atoms with Gasteiger partial charge in [0.05, 0.1) is 12.5 Å². The molecular formula is C13H23NO. The molecule has 0 bridgehead atoms. The lowest BCUT2D eigenvalue weighted by atomic mass is 9.81. The lowest BCUT2D eigenvalue weighted by Crippen LogP contribution is -2.36. The van der Waals surface area contributed by atoms with Gasteiger partial charge in [0.15, 0.2) is 0 Å². The van der Waals surface area contributed by atoms with Gasteiger partial charge in [0.2, 0.25) is 0 Å². The summed E-state index contributed by atoms with van der Waals surface area (Å²) < 4.78 is 5.11. The third-order valence-corrected chi connectivity index (χ3v) is 3.00. The largest absolute Gasteiger partial charge is 0.472 e. The smallest absolute Gasteiger partial charge is 0.0934 e. The molecule has 0 amide bonds. The highest BCUT2D eigenvalue weighted by Crippen LogP contribution is 2.26. The third-order valence-electron chi connectivity index (χ3n) is 3.00. The molecule has 0 aromatic carbocycles. The molecule has 0 aliphatic rings. The van der Waals surface area contributed by atoms with Gasteiger partial charge in [-0.15, -0.1) is 0 Å². The van der Waals surface area contributed by atoms with Gasteiger partial charge in [-0.2, -0.15) is 0 Å². The molecule has 2 heteroatoms. The van der Waals surface area contributed by atoms with Crippen molar-refractivity contribution in [1.82, 2.24) is 5.32 Å². The highest BCUT2D eigenvalue weighted by Gasteiger charge is 2.22. The van der Waals surface area contributed by atoms with Crippen molar-refractivity contribution in [1.29, 1.82) is 0 Å². The summed E-state index contributed by atoms with van der Waals surface area (Å²) in [6, 6.07) is 2.61. The van der Waals surface area contributed by atoms with Crippen molar-refractivity contribution < 1.29 is 4.42 Å². The topological polar surface area (TPSA) is 25.2 Å². The molecule has 86 valence electrons. The monoisotopic (exact) mass is 209 g/mol. The Bertz CT molecular complexity index is 266. The molecule has 0 aliphatic carbocycles. The van der Waals surface area contributed by atoms with Gasteiger partial charge in [-0.3, -0.25) is 0 Å². The van der Waals surface area contributed by atoms with Crippen LogP contribution in [0.5, 0.6) is 0 Å². The van der Waals surface area contributed by atoms with Crippen LogP contribution in [0.15, 0.2) is 23.0 Å². The van der Waals surface area contributed by atoms with Crippen molar-refractivity contribution in [3.8, 4) is 0 Å². The highest BCUT2D eigenvalue weighted by atomic mass is 16.3. The van der Waals surface area contributed by atoms with E-state index in [0.29, 0.717) is 11.5 Å². The van der Waals surface area contributed by atoms with Crippen molar-refractivity contribution in [3.05, 3.63) is 24.2 Å². The minimum Gasteiger partial charge on any atom is -0.472 e. The molecule has 0 saturated heterocycles. The Balaban J connectivity index is 2.52. The van der Waals surface area contributed by atoms with E-state index in [2.05, 4.69) is 39.1 Å². The van der Waals surface area contributed by atoms with Crippen LogP contribution >= 0.6 is 0 Å². The first kappa shape index (κ1) is 12.3. The lowest BCUT2D eigenvalue weighted by molar-refractivity contribution is 0.280. The van der Waals surface area contributed by atoms with E-state index in [4.69, 9.17) is 4.42 Å². The molecule has 1 aromatic rings. The number of rotatable bonds is 6. The first-order valence-electron chi connectivity index (χ1n) is 5.80. The predicted molar refractivity (Wildman–Crippen MR) is 63.9 cm³/mol. The first-order valence-corrected chi connectivity index (χ1v) is 5.80. The Kier molecular flexibility index (Phi) is 4.40. The molecule has 0 spiro atoms. The number of hydrogen-bond donors (Lipinski definition) is 1. The van der Waals surface area contributed by atoms with Gasteiger partial charge in [-0.1, -0.05) is 27.7 Å². The maximum Gasteiger partial charge on any atom is 0.0934 e. The van der Waals surface area contributed by atoms with Crippen LogP contribution in [0.1, 0.15) is 39.7 Å². The van der Waals surface area contributed by atoms with Gasteiger partial charge in [0, 0.05) is 12.6 Å². The molecule has 0 radical (unpaired) electrons. The molecule has 1 rings (SSSR count). The standard InChI is InChI=1S/C13H23NO/c1-5-13(4,10-14-11(2)3)8-12-6-7-15-9-12/h6-7,9,11,14H,5,8,10H2,1-4H3. The third kappa shape index (κ3) is 4.08. The normalized spacial score (nSPS) is 15.5. The molecule has 2 nitrogen and oxygen atoms in total. The van der Waals surface area contributed by atoms with Crippen LogP contribution in [0, 0.1) is 5.41 Å². The lowest BCUT2D eigenvalue weighted by Gasteiger charge is -2.29. The van der Waals surface area contributed by atoms with E-state index in [9.17, 15) is 0 Å². The number of furan rings is 1. The zero-order valence-electron chi connectivity index (χ0n) is 10.3. The summed E-state index contributed by atoms with van der Waals surface area (Å²) in [6.45, 7) is 10.0. The average molecular weight is 209 g/mol. The Morgan fingerprint density at radius 1 is 1.47 bits per heavy atom. The Hall–Kier alpha value is -0.760. The summed E-state index contributed by atoms with van der Waals surface area (Å²) >= 11 is 0. The molecule has 1 N–H and O–H groups in total. The summed E-state index contributed by atoms with van der Waals surface area (Å²) in [6.07, 6.45) is 5.86. The maximum absolute atomic E-state index is 5.11. The molecular weight excluding hydrogens is 186 g/mol. The molecule has 1 unspecified atom stereocenters. The van der Waals surface area contributed by atoms with Gasteiger partial charge < -0.3 is 9.73 Å². The van der Waals surface area contributed by atoms with E-state index in [0.717, 1.165) is 13.0 Å². The van der Waals surface area contributed by atoms with Crippen LogP contribution < -0.4 is 5.32 Å². The van der Waals surface area contributed by atoms with E-state index in [1.165, 1.54) is 12.0 Å². The maximum atomic E-state index is 5.11. The second-order valence-corrected chi connectivity index (χ2v) is 5.01. The predicted octanol–water partition coefficient (Wildman–Crippen LogP) is 3.24. The number of hydrogen-bond acceptors (Lipinski definition) is 2. The zero-order valence-corrected chi connectivity index (χ0v) is 10.3. The molecule has 0 saturated carbocycles. The fourth-order valence-corrected chi connectivity index (χ4v) is 1.65. The van der Waals surface area contributed by atoms with Crippen molar-refractivity contribution in [2.75, 3.05) is 6.54 Å².